The lowest BCUT2D eigenvalue weighted by molar-refractivity contribution is -0.121. The number of carbonyl (C=O) groups excluding carboxylic acids is 1. The normalized spacial score (nSPS) is 18.0. The van der Waals surface area contributed by atoms with Gasteiger partial charge in [-0.2, -0.15) is 0 Å². The molecular weight excluding hydrogens is 334 g/mol. The number of hydrogen-bond acceptors (Lipinski definition) is 5. The van der Waals surface area contributed by atoms with Crippen molar-refractivity contribution >= 4 is 38.9 Å². The Bertz CT molecular complexity index is 840. The van der Waals surface area contributed by atoms with Gasteiger partial charge in [-0.05, 0) is 18.6 Å². The summed E-state index contributed by atoms with van der Waals surface area (Å²) in [5.41, 5.74) is 7.25. The molecule has 1 saturated heterocycles. The monoisotopic (exact) mass is 347 g/mol. The molecule has 3 aromatic rings. The molecule has 0 bridgehead atoms. The van der Waals surface area contributed by atoms with Crippen LogP contribution in [0.3, 0.4) is 0 Å². The lowest BCUT2D eigenvalue weighted by atomic mass is 10.1. The number of fused-ring (bicyclic) bond motifs is 1. The summed E-state index contributed by atoms with van der Waals surface area (Å²) in [5.74, 6) is -0.324. The largest absolute Gasteiger partial charge is 0.369 e. The molecule has 118 valence electrons. The minimum atomic E-state index is -0.237. The fourth-order valence-corrected chi connectivity index (χ4v) is 3.79. The van der Waals surface area contributed by atoms with Gasteiger partial charge in [0.05, 0.1) is 17.8 Å². The van der Waals surface area contributed by atoms with Gasteiger partial charge in [-0.3, -0.25) is 4.79 Å². The van der Waals surface area contributed by atoms with Crippen molar-refractivity contribution in [2.24, 2.45) is 11.7 Å². The molecule has 1 unspecified atom stereocenters. The molecule has 1 amide bonds. The third kappa shape index (κ3) is 2.66. The first-order chi connectivity index (χ1) is 11.1. The average Bonchev–Trinajstić information content (AvgIpc) is 3.21. The Morgan fingerprint density at radius 3 is 2.78 bits per heavy atom. The maximum atomic E-state index is 11.3. The van der Waals surface area contributed by atoms with Crippen molar-refractivity contribution in [1.29, 1.82) is 0 Å². The quantitative estimate of drug-likeness (QED) is 0.789. The van der Waals surface area contributed by atoms with Crippen molar-refractivity contribution in [2.45, 2.75) is 6.42 Å². The summed E-state index contributed by atoms with van der Waals surface area (Å²) < 4.78 is 1.78. The molecule has 1 atom stereocenters. The van der Waals surface area contributed by atoms with E-state index in [-0.39, 0.29) is 11.8 Å². The summed E-state index contributed by atoms with van der Waals surface area (Å²) in [6.07, 6.45) is 2.69. The lowest BCUT2D eigenvalue weighted by Crippen LogP contribution is -2.27. The third-order valence-corrected chi connectivity index (χ3v) is 5.27. The van der Waals surface area contributed by atoms with Gasteiger partial charge in [0.15, 0.2) is 0 Å². The number of imidazole rings is 1. The van der Waals surface area contributed by atoms with Gasteiger partial charge in [-0.25, -0.2) is 9.50 Å². The number of halogens is 1. The first-order valence-electron chi connectivity index (χ1n) is 7.26. The maximum absolute atomic E-state index is 11.3. The van der Waals surface area contributed by atoms with E-state index in [9.17, 15) is 4.79 Å². The molecule has 2 aromatic heterocycles. The van der Waals surface area contributed by atoms with E-state index in [0.29, 0.717) is 11.6 Å². The molecule has 2 N–H and O–H groups in total. The summed E-state index contributed by atoms with van der Waals surface area (Å²) in [4.78, 5) is 18.8. The molecule has 8 heteroatoms. The van der Waals surface area contributed by atoms with Crippen LogP contribution in [0.2, 0.25) is 5.02 Å². The van der Waals surface area contributed by atoms with E-state index in [1.54, 1.807) is 4.52 Å². The lowest BCUT2D eigenvalue weighted by Gasteiger charge is -2.12. The molecule has 0 radical (unpaired) electrons. The Labute approximate surface area is 141 Å². The van der Waals surface area contributed by atoms with E-state index in [0.717, 1.165) is 34.3 Å². The highest BCUT2D eigenvalue weighted by Gasteiger charge is 2.28. The fourth-order valence-electron chi connectivity index (χ4n) is 2.74. The van der Waals surface area contributed by atoms with Gasteiger partial charge >= 0.3 is 0 Å². The van der Waals surface area contributed by atoms with Gasteiger partial charge in [0.2, 0.25) is 16.0 Å². The van der Waals surface area contributed by atoms with Crippen LogP contribution in [-0.2, 0) is 4.79 Å². The second kappa shape index (κ2) is 5.50. The number of nitrogens with two attached hydrogens (primary N) is 1. The molecule has 1 fully saturated rings. The number of hydrogen-bond donors (Lipinski definition) is 1. The molecule has 0 saturated carbocycles. The number of primary amides is 1. The van der Waals surface area contributed by atoms with Crippen molar-refractivity contribution in [3.63, 3.8) is 0 Å². The number of nitrogens with zero attached hydrogens (tertiary/aromatic N) is 4. The number of benzene rings is 1. The standard InChI is InChI=1S/C15H14ClN5OS/c16-11-3-1-9(2-4-11)12-8-21-14(18-12)23-15(19-21)20-6-5-10(7-20)13(17)22/h1-4,8,10H,5-7H2,(H2,17,22). The van der Waals surface area contributed by atoms with Crippen molar-refractivity contribution in [1.82, 2.24) is 14.6 Å². The van der Waals surface area contributed by atoms with Crippen LogP contribution in [0.25, 0.3) is 16.2 Å². The van der Waals surface area contributed by atoms with Crippen molar-refractivity contribution in [3.8, 4) is 11.3 Å². The molecule has 1 aliphatic heterocycles. The molecular formula is C15H14ClN5OS. The Morgan fingerprint density at radius 1 is 1.35 bits per heavy atom. The summed E-state index contributed by atoms with van der Waals surface area (Å²) in [7, 11) is 0. The van der Waals surface area contributed by atoms with Gasteiger partial charge < -0.3 is 10.6 Å². The minimum Gasteiger partial charge on any atom is -0.369 e. The van der Waals surface area contributed by atoms with Gasteiger partial charge in [0.25, 0.3) is 0 Å². The molecule has 1 aliphatic rings. The van der Waals surface area contributed by atoms with E-state index in [1.807, 2.05) is 30.5 Å². The van der Waals surface area contributed by atoms with E-state index in [1.165, 1.54) is 11.3 Å². The van der Waals surface area contributed by atoms with Crippen molar-refractivity contribution < 1.29 is 4.79 Å². The smallest absolute Gasteiger partial charge is 0.222 e. The van der Waals surface area contributed by atoms with Crippen LogP contribution in [0.4, 0.5) is 5.13 Å². The van der Waals surface area contributed by atoms with Crippen LogP contribution in [0.15, 0.2) is 30.5 Å². The molecule has 0 spiro atoms. The van der Waals surface area contributed by atoms with E-state index >= 15 is 0 Å². The highest BCUT2D eigenvalue weighted by atomic mass is 35.5. The number of carbonyl (C=O) groups is 1. The Morgan fingerprint density at radius 2 is 2.13 bits per heavy atom. The Balaban J connectivity index is 1.60. The van der Waals surface area contributed by atoms with E-state index < -0.39 is 0 Å². The number of rotatable bonds is 3. The first-order valence-corrected chi connectivity index (χ1v) is 8.46. The SMILES string of the molecule is NC(=O)C1CCN(c2nn3cc(-c4ccc(Cl)cc4)nc3s2)C1. The van der Waals surface area contributed by atoms with Crippen LogP contribution in [-0.4, -0.2) is 33.6 Å². The number of anilines is 1. The molecule has 4 rings (SSSR count). The topological polar surface area (TPSA) is 76.5 Å². The fraction of sp³-hybridized carbons (Fsp3) is 0.267. The Kier molecular flexibility index (Phi) is 3.46. The minimum absolute atomic E-state index is 0.0872. The van der Waals surface area contributed by atoms with Crippen molar-refractivity contribution in [3.05, 3.63) is 35.5 Å². The van der Waals surface area contributed by atoms with E-state index in [2.05, 4.69) is 15.0 Å². The predicted molar refractivity (Wildman–Crippen MR) is 90.8 cm³/mol. The predicted octanol–water partition coefficient (Wildman–Crippen LogP) is 2.42. The molecule has 6 nitrogen and oxygen atoms in total. The highest BCUT2D eigenvalue weighted by molar-refractivity contribution is 7.20. The van der Waals surface area contributed by atoms with Crippen molar-refractivity contribution in [2.75, 3.05) is 18.0 Å². The van der Waals surface area contributed by atoms with Crippen LogP contribution in [0.1, 0.15) is 6.42 Å². The first kappa shape index (κ1) is 14.5. The third-order valence-electron chi connectivity index (χ3n) is 4.03. The van der Waals surface area contributed by atoms with Gasteiger partial charge in [-0.1, -0.05) is 35.1 Å². The summed E-state index contributed by atoms with van der Waals surface area (Å²) >= 11 is 7.43. The molecule has 3 heterocycles. The second-order valence-electron chi connectivity index (χ2n) is 5.58. The van der Waals surface area contributed by atoms with Crippen LogP contribution in [0, 0.1) is 5.92 Å². The molecule has 0 aliphatic carbocycles. The zero-order chi connectivity index (χ0) is 16.0. The maximum Gasteiger partial charge on any atom is 0.222 e. The van der Waals surface area contributed by atoms with Crippen LogP contribution in [0.5, 0.6) is 0 Å². The summed E-state index contributed by atoms with van der Waals surface area (Å²) in [6, 6.07) is 7.57. The van der Waals surface area contributed by atoms with E-state index in [4.69, 9.17) is 17.3 Å². The van der Waals surface area contributed by atoms with Gasteiger partial charge in [0.1, 0.15) is 0 Å². The zero-order valence-electron chi connectivity index (χ0n) is 12.1. The van der Waals surface area contributed by atoms with Gasteiger partial charge in [0, 0.05) is 23.7 Å². The summed E-state index contributed by atoms with van der Waals surface area (Å²) in [6.45, 7) is 1.43. The van der Waals surface area contributed by atoms with Crippen LogP contribution < -0.4 is 10.6 Å². The summed E-state index contributed by atoms with van der Waals surface area (Å²) in [5, 5.41) is 6.15. The highest BCUT2D eigenvalue weighted by Crippen LogP contribution is 2.30. The molecule has 1 aromatic carbocycles. The average molecular weight is 348 g/mol. The number of aromatic nitrogens is 3. The van der Waals surface area contributed by atoms with Gasteiger partial charge in [-0.15, -0.1) is 5.10 Å². The number of amides is 1. The second-order valence-corrected chi connectivity index (χ2v) is 6.95. The van der Waals surface area contributed by atoms with Crippen LogP contribution >= 0.6 is 22.9 Å². The Hall–Kier alpha value is -2.12. The zero-order valence-corrected chi connectivity index (χ0v) is 13.7. The molecule has 23 heavy (non-hydrogen) atoms.